The first-order chi connectivity index (χ1) is 8.37. The van der Waals surface area contributed by atoms with Crippen molar-refractivity contribution in [1.29, 1.82) is 0 Å². The van der Waals surface area contributed by atoms with Crippen molar-refractivity contribution < 1.29 is 22.4 Å². The second-order valence-electron chi connectivity index (χ2n) is 3.68. The minimum Gasteiger partial charge on any atom is -0.441 e. The van der Waals surface area contributed by atoms with Crippen LogP contribution in [0.4, 0.5) is 13.2 Å². The minimum absolute atomic E-state index is 0.0635. The van der Waals surface area contributed by atoms with Crippen molar-refractivity contribution in [2.45, 2.75) is 13.1 Å². The Morgan fingerprint density at radius 2 is 2.17 bits per heavy atom. The molecular weight excluding hydrogens is 249 g/mol. The van der Waals surface area contributed by atoms with E-state index in [4.69, 9.17) is 4.42 Å². The highest BCUT2D eigenvalue weighted by molar-refractivity contribution is 6.04. The third-order valence-corrected chi connectivity index (χ3v) is 2.22. The lowest BCUT2D eigenvalue weighted by molar-refractivity contribution is -0.123. The standard InChI is InChI=1S/C11H9F3N2O2/c1-6-16-9-7(3-2-4-8(9)18-6)10(17)15-5-11(12,13)14/h2-4H,5H2,1H3,(H,15,17). The van der Waals surface area contributed by atoms with Crippen molar-refractivity contribution >= 4 is 17.0 Å². The summed E-state index contributed by atoms with van der Waals surface area (Å²) < 4.78 is 41.2. The number of hydrogen-bond acceptors (Lipinski definition) is 3. The van der Waals surface area contributed by atoms with Gasteiger partial charge in [0.15, 0.2) is 11.5 Å². The first kappa shape index (κ1) is 12.4. The van der Waals surface area contributed by atoms with Crippen LogP contribution in [0.1, 0.15) is 16.2 Å². The molecular formula is C11H9F3N2O2. The number of amides is 1. The summed E-state index contributed by atoms with van der Waals surface area (Å²) in [5, 5.41) is 1.79. The van der Waals surface area contributed by atoms with Crippen LogP contribution in [0.2, 0.25) is 0 Å². The van der Waals surface area contributed by atoms with Crippen LogP contribution in [-0.4, -0.2) is 23.6 Å². The fourth-order valence-corrected chi connectivity index (χ4v) is 1.52. The van der Waals surface area contributed by atoms with E-state index >= 15 is 0 Å². The molecule has 0 aliphatic heterocycles. The largest absolute Gasteiger partial charge is 0.441 e. The lowest BCUT2D eigenvalue weighted by Gasteiger charge is -2.08. The SMILES string of the molecule is Cc1nc2c(C(=O)NCC(F)(F)F)cccc2o1. The number of alkyl halides is 3. The third-order valence-electron chi connectivity index (χ3n) is 2.22. The van der Waals surface area contributed by atoms with Crippen molar-refractivity contribution in [3.63, 3.8) is 0 Å². The number of aromatic nitrogens is 1. The zero-order chi connectivity index (χ0) is 13.3. The van der Waals surface area contributed by atoms with Gasteiger partial charge in [-0.3, -0.25) is 4.79 Å². The number of fused-ring (bicyclic) bond motifs is 1. The van der Waals surface area contributed by atoms with E-state index < -0.39 is 18.6 Å². The number of rotatable bonds is 2. The molecule has 0 saturated carbocycles. The van der Waals surface area contributed by atoms with E-state index in [1.165, 1.54) is 12.1 Å². The quantitative estimate of drug-likeness (QED) is 0.900. The number of aryl methyl sites for hydroxylation is 1. The molecule has 0 aliphatic carbocycles. The molecule has 1 N–H and O–H groups in total. The Labute approximate surface area is 99.8 Å². The summed E-state index contributed by atoms with van der Waals surface area (Å²) in [6.45, 7) is 0.219. The predicted molar refractivity (Wildman–Crippen MR) is 57.1 cm³/mol. The van der Waals surface area contributed by atoms with E-state index in [1.54, 1.807) is 18.3 Å². The number of para-hydroxylation sites is 1. The molecule has 1 aromatic heterocycles. The molecule has 2 rings (SSSR count). The first-order valence-electron chi connectivity index (χ1n) is 5.08. The molecule has 96 valence electrons. The van der Waals surface area contributed by atoms with E-state index in [2.05, 4.69) is 4.98 Å². The molecule has 2 aromatic rings. The molecule has 4 nitrogen and oxygen atoms in total. The Bertz CT molecular complexity index is 589. The molecule has 7 heteroatoms. The molecule has 1 amide bonds. The smallest absolute Gasteiger partial charge is 0.405 e. The zero-order valence-electron chi connectivity index (χ0n) is 9.34. The van der Waals surface area contributed by atoms with Gasteiger partial charge < -0.3 is 9.73 Å². The highest BCUT2D eigenvalue weighted by Gasteiger charge is 2.28. The number of benzene rings is 1. The van der Waals surface area contributed by atoms with Crippen LogP contribution in [0.3, 0.4) is 0 Å². The Morgan fingerprint density at radius 1 is 1.44 bits per heavy atom. The zero-order valence-corrected chi connectivity index (χ0v) is 9.34. The van der Waals surface area contributed by atoms with Gasteiger partial charge in [-0.25, -0.2) is 4.98 Å². The molecule has 1 heterocycles. The maximum Gasteiger partial charge on any atom is 0.405 e. The van der Waals surface area contributed by atoms with E-state index in [1.807, 2.05) is 0 Å². The lowest BCUT2D eigenvalue weighted by atomic mass is 10.2. The Morgan fingerprint density at radius 3 is 2.83 bits per heavy atom. The molecule has 18 heavy (non-hydrogen) atoms. The summed E-state index contributed by atoms with van der Waals surface area (Å²) in [6, 6.07) is 4.52. The average Bonchev–Trinajstić information content (AvgIpc) is 2.64. The van der Waals surface area contributed by atoms with Gasteiger partial charge in [0.05, 0.1) is 5.56 Å². The van der Waals surface area contributed by atoms with Gasteiger partial charge in [0.2, 0.25) is 0 Å². The molecule has 1 aromatic carbocycles. The van der Waals surface area contributed by atoms with Crippen molar-refractivity contribution in [2.24, 2.45) is 0 Å². The summed E-state index contributed by atoms with van der Waals surface area (Å²) in [5.74, 6) is -0.479. The van der Waals surface area contributed by atoms with Crippen molar-refractivity contribution in [1.82, 2.24) is 10.3 Å². The topological polar surface area (TPSA) is 55.1 Å². The van der Waals surface area contributed by atoms with E-state index in [0.717, 1.165) is 0 Å². The maximum atomic E-state index is 12.0. The van der Waals surface area contributed by atoms with Crippen LogP contribution in [0.15, 0.2) is 22.6 Å². The van der Waals surface area contributed by atoms with Crippen LogP contribution < -0.4 is 5.32 Å². The summed E-state index contributed by atoms with van der Waals surface area (Å²) >= 11 is 0. The van der Waals surface area contributed by atoms with Gasteiger partial charge in [0.25, 0.3) is 5.91 Å². The number of nitrogens with one attached hydrogen (secondary N) is 1. The highest BCUT2D eigenvalue weighted by atomic mass is 19.4. The van der Waals surface area contributed by atoms with Crippen LogP contribution in [-0.2, 0) is 0 Å². The van der Waals surface area contributed by atoms with E-state index in [0.29, 0.717) is 11.5 Å². The van der Waals surface area contributed by atoms with Crippen molar-refractivity contribution in [3.8, 4) is 0 Å². The molecule has 0 atom stereocenters. The van der Waals surface area contributed by atoms with Crippen molar-refractivity contribution in [3.05, 3.63) is 29.7 Å². The average molecular weight is 258 g/mol. The van der Waals surface area contributed by atoms with Crippen LogP contribution >= 0.6 is 0 Å². The minimum atomic E-state index is -4.44. The van der Waals surface area contributed by atoms with Gasteiger partial charge in [0, 0.05) is 6.92 Å². The fourth-order valence-electron chi connectivity index (χ4n) is 1.52. The second kappa shape index (κ2) is 4.32. The molecule has 0 bridgehead atoms. The molecule has 0 saturated heterocycles. The summed E-state index contributed by atoms with van der Waals surface area (Å²) in [4.78, 5) is 15.6. The third kappa shape index (κ3) is 2.61. The van der Waals surface area contributed by atoms with Gasteiger partial charge >= 0.3 is 6.18 Å². The summed E-state index contributed by atoms with van der Waals surface area (Å²) in [5.41, 5.74) is 0.690. The summed E-state index contributed by atoms with van der Waals surface area (Å²) in [6.07, 6.45) is -4.44. The fraction of sp³-hybridized carbons (Fsp3) is 0.273. The second-order valence-corrected chi connectivity index (χ2v) is 3.68. The van der Waals surface area contributed by atoms with Crippen LogP contribution in [0.25, 0.3) is 11.1 Å². The molecule has 0 unspecified atom stereocenters. The van der Waals surface area contributed by atoms with Crippen molar-refractivity contribution in [2.75, 3.05) is 6.54 Å². The number of halogens is 3. The Balaban J connectivity index is 2.27. The number of hydrogen-bond donors (Lipinski definition) is 1. The van der Waals surface area contributed by atoms with E-state index in [9.17, 15) is 18.0 Å². The molecule has 0 spiro atoms. The van der Waals surface area contributed by atoms with Gasteiger partial charge in [0.1, 0.15) is 12.1 Å². The van der Waals surface area contributed by atoms with Gasteiger partial charge in [-0.1, -0.05) is 6.07 Å². The van der Waals surface area contributed by atoms with Gasteiger partial charge in [-0.05, 0) is 12.1 Å². The number of oxazole rings is 1. The highest BCUT2D eigenvalue weighted by Crippen LogP contribution is 2.19. The normalized spacial score (nSPS) is 11.8. The molecule has 0 radical (unpaired) electrons. The monoisotopic (exact) mass is 258 g/mol. The predicted octanol–water partition coefficient (Wildman–Crippen LogP) is 2.43. The number of nitrogens with zero attached hydrogens (tertiary/aromatic N) is 1. The maximum absolute atomic E-state index is 12.0. The molecule has 0 fully saturated rings. The van der Waals surface area contributed by atoms with Crippen LogP contribution in [0.5, 0.6) is 0 Å². The van der Waals surface area contributed by atoms with E-state index in [-0.39, 0.29) is 11.1 Å². The Kier molecular flexibility index (Phi) is 2.98. The van der Waals surface area contributed by atoms with Gasteiger partial charge in [-0.2, -0.15) is 13.2 Å². The lowest BCUT2D eigenvalue weighted by Crippen LogP contribution is -2.33. The summed E-state index contributed by atoms with van der Waals surface area (Å²) in [7, 11) is 0. The number of carbonyl (C=O) groups excluding carboxylic acids is 1. The number of carbonyl (C=O) groups is 1. The Hall–Kier alpha value is -2.05. The first-order valence-corrected chi connectivity index (χ1v) is 5.08. The van der Waals surface area contributed by atoms with Crippen LogP contribution in [0, 0.1) is 6.92 Å². The molecule has 0 aliphatic rings. The van der Waals surface area contributed by atoms with Gasteiger partial charge in [-0.15, -0.1) is 0 Å².